The van der Waals surface area contributed by atoms with Gasteiger partial charge in [0.05, 0.1) is 11.0 Å². The topological polar surface area (TPSA) is 70.1 Å². The second-order valence-electron chi connectivity index (χ2n) is 4.98. The van der Waals surface area contributed by atoms with E-state index in [9.17, 15) is 4.79 Å². The van der Waals surface area contributed by atoms with Gasteiger partial charge in [-0.25, -0.2) is 4.98 Å². The van der Waals surface area contributed by atoms with Crippen molar-refractivity contribution < 1.29 is 9.53 Å². The van der Waals surface area contributed by atoms with Crippen LogP contribution in [0.25, 0.3) is 11.0 Å². The van der Waals surface area contributed by atoms with Crippen molar-refractivity contribution in [2.45, 2.75) is 18.8 Å². The average Bonchev–Trinajstić information content (AvgIpc) is 2.77. The zero-order valence-electron chi connectivity index (χ0n) is 10.9. The maximum Gasteiger partial charge on any atom is 0.248 e. The molecule has 0 unspecified atom stereocenters. The number of hydrogen-bond donors (Lipinski definition) is 1. The van der Waals surface area contributed by atoms with E-state index in [0.717, 1.165) is 42.9 Å². The monoisotopic (exact) mass is 259 g/mol. The molecule has 1 saturated heterocycles. The van der Waals surface area contributed by atoms with E-state index in [1.165, 1.54) is 0 Å². The van der Waals surface area contributed by atoms with Crippen molar-refractivity contribution in [3.63, 3.8) is 0 Å². The molecule has 5 nitrogen and oxygen atoms in total. The van der Waals surface area contributed by atoms with Crippen molar-refractivity contribution in [1.29, 1.82) is 0 Å². The highest BCUT2D eigenvalue weighted by Crippen LogP contribution is 2.28. The fourth-order valence-corrected chi connectivity index (χ4v) is 2.68. The summed E-state index contributed by atoms with van der Waals surface area (Å²) in [6.45, 7) is 1.58. The summed E-state index contributed by atoms with van der Waals surface area (Å²) in [5.74, 6) is 1.10. The molecular weight excluding hydrogens is 242 g/mol. The molecule has 0 radical (unpaired) electrons. The molecule has 0 atom stereocenters. The first kappa shape index (κ1) is 12.2. The minimum Gasteiger partial charge on any atom is -0.381 e. The molecule has 19 heavy (non-hydrogen) atoms. The minimum atomic E-state index is -0.407. The zero-order valence-corrected chi connectivity index (χ0v) is 10.9. The van der Waals surface area contributed by atoms with Gasteiger partial charge in [-0.15, -0.1) is 0 Å². The highest BCUT2D eigenvalue weighted by Gasteiger charge is 2.21. The third-order valence-electron chi connectivity index (χ3n) is 3.79. The molecule has 1 amide bonds. The minimum absolute atomic E-state index is 0.407. The number of hydrogen-bond acceptors (Lipinski definition) is 3. The zero-order chi connectivity index (χ0) is 13.4. The molecule has 2 N–H and O–H groups in total. The molecule has 2 heterocycles. The van der Waals surface area contributed by atoms with E-state index >= 15 is 0 Å². The van der Waals surface area contributed by atoms with Crippen molar-refractivity contribution in [3.05, 3.63) is 29.6 Å². The maximum absolute atomic E-state index is 11.2. The Labute approximate surface area is 111 Å². The second kappa shape index (κ2) is 4.66. The Kier molecular flexibility index (Phi) is 2.98. The van der Waals surface area contributed by atoms with Gasteiger partial charge in [-0.1, -0.05) is 0 Å². The maximum atomic E-state index is 11.2. The van der Waals surface area contributed by atoms with Crippen LogP contribution in [0.4, 0.5) is 0 Å². The number of rotatable bonds is 2. The molecule has 0 bridgehead atoms. The predicted molar refractivity (Wildman–Crippen MR) is 72.0 cm³/mol. The number of carbonyl (C=O) groups excluding carboxylic acids is 1. The first-order valence-corrected chi connectivity index (χ1v) is 6.50. The molecule has 0 aliphatic carbocycles. The Bertz CT molecular complexity index is 627. The van der Waals surface area contributed by atoms with E-state index in [1.807, 2.05) is 19.2 Å². The smallest absolute Gasteiger partial charge is 0.248 e. The van der Waals surface area contributed by atoms with E-state index in [4.69, 9.17) is 15.5 Å². The van der Waals surface area contributed by atoms with Crippen LogP contribution >= 0.6 is 0 Å². The summed E-state index contributed by atoms with van der Waals surface area (Å²) in [5, 5.41) is 0. The van der Waals surface area contributed by atoms with Gasteiger partial charge < -0.3 is 15.0 Å². The first-order valence-electron chi connectivity index (χ1n) is 6.50. The normalized spacial score (nSPS) is 16.9. The van der Waals surface area contributed by atoms with Gasteiger partial charge in [-0.05, 0) is 31.0 Å². The summed E-state index contributed by atoms with van der Waals surface area (Å²) < 4.78 is 7.45. The molecule has 1 aromatic heterocycles. The van der Waals surface area contributed by atoms with Gasteiger partial charge in [-0.3, -0.25) is 4.79 Å². The molecule has 1 aromatic carbocycles. The van der Waals surface area contributed by atoms with Crippen LogP contribution in [-0.2, 0) is 11.8 Å². The fourth-order valence-electron chi connectivity index (χ4n) is 2.68. The van der Waals surface area contributed by atoms with E-state index in [2.05, 4.69) is 4.57 Å². The largest absolute Gasteiger partial charge is 0.381 e. The van der Waals surface area contributed by atoms with Crippen LogP contribution in [0.15, 0.2) is 18.2 Å². The molecule has 0 saturated carbocycles. The van der Waals surface area contributed by atoms with Gasteiger partial charge in [0.25, 0.3) is 0 Å². The van der Waals surface area contributed by atoms with Crippen molar-refractivity contribution in [1.82, 2.24) is 9.55 Å². The predicted octanol–water partition coefficient (Wildman–Crippen LogP) is 1.57. The van der Waals surface area contributed by atoms with Crippen molar-refractivity contribution >= 4 is 16.9 Å². The Morgan fingerprint density at radius 2 is 2.16 bits per heavy atom. The molecule has 1 aliphatic heterocycles. The van der Waals surface area contributed by atoms with Gasteiger partial charge in [0, 0.05) is 31.7 Å². The lowest BCUT2D eigenvalue weighted by atomic mass is 9.99. The second-order valence-corrected chi connectivity index (χ2v) is 4.98. The number of primary amides is 1. The van der Waals surface area contributed by atoms with Crippen LogP contribution in [0, 0.1) is 0 Å². The van der Waals surface area contributed by atoms with Crippen molar-refractivity contribution in [2.24, 2.45) is 12.8 Å². The number of amides is 1. The molecule has 5 heteroatoms. The van der Waals surface area contributed by atoms with Gasteiger partial charge >= 0.3 is 0 Å². The number of benzene rings is 1. The molecule has 0 spiro atoms. The van der Waals surface area contributed by atoms with Gasteiger partial charge in [-0.2, -0.15) is 0 Å². The van der Waals surface area contributed by atoms with Crippen LogP contribution in [-0.4, -0.2) is 28.7 Å². The third-order valence-corrected chi connectivity index (χ3v) is 3.79. The molecule has 1 fully saturated rings. The SMILES string of the molecule is Cn1c(C2CCOCC2)nc2ccc(C(N)=O)cc21. The fraction of sp³-hybridized carbons (Fsp3) is 0.429. The van der Waals surface area contributed by atoms with Gasteiger partial charge in [0.15, 0.2) is 0 Å². The van der Waals surface area contributed by atoms with Crippen molar-refractivity contribution in [2.75, 3.05) is 13.2 Å². The summed E-state index contributed by atoms with van der Waals surface area (Å²) in [6.07, 6.45) is 2.00. The number of nitrogens with two attached hydrogens (primary N) is 1. The summed E-state index contributed by atoms with van der Waals surface area (Å²) in [4.78, 5) is 15.9. The molecule has 3 rings (SSSR count). The Morgan fingerprint density at radius 3 is 2.84 bits per heavy atom. The standard InChI is InChI=1S/C14H17N3O2/c1-17-12-8-10(13(15)18)2-3-11(12)16-14(17)9-4-6-19-7-5-9/h2-3,8-9H,4-7H2,1H3,(H2,15,18). The van der Waals surface area contributed by atoms with Crippen molar-refractivity contribution in [3.8, 4) is 0 Å². The van der Waals surface area contributed by atoms with Crippen LogP contribution in [0.2, 0.25) is 0 Å². The molecule has 1 aliphatic rings. The number of nitrogens with zero attached hydrogens (tertiary/aromatic N) is 2. The summed E-state index contributed by atoms with van der Waals surface area (Å²) in [7, 11) is 1.99. The number of fused-ring (bicyclic) bond motifs is 1. The number of ether oxygens (including phenoxy) is 1. The summed E-state index contributed by atoms with van der Waals surface area (Å²) >= 11 is 0. The van der Waals surface area contributed by atoms with Gasteiger partial charge in [0.2, 0.25) is 5.91 Å². The van der Waals surface area contributed by atoms with Gasteiger partial charge in [0.1, 0.15) is 5.82 Å². The lowest BCUT2D eigenvalue weighted by Crippen LogP contribution is -2.17. The first-order chi connectivity index (χ1) is 9.16. The highest BCUT2D eigenvalue weighted by molar-refractivity contribution is 5.96. The lowest BCUT2D eigenvalue weighted by Gasteiger charge is -2.21. The third kappa shape index (κ3) is 2.10. The summed E-state index contributed by atoms with van der Waals surface area (Å²) in [6, 6.07) is 5.40. The van der Waals surface area contributed by atoms with E-state index in [1.54, 1.807) is 6.07 Å². The number of carbonyl (C=O) groups is 1. The molecule has 2 aromatic rings. The molecule has 100 valence electrons. The Hall–Kier alpha value is -1.88. The number of aryl methyl sites for hydroxylation is 1. The Balaban J connectivity index is 2.06. The average molecular weight is 259 g/mol. The van der Waals surface area contributed by atoms with Crippen LogP contribution in [0.3, 0.4) is 0 Å². The Morgan fingerprint density at radius 1 is 1.42 bits per heavy atom. The van der Waals surface area contributed by atoms with E-state index < -0.39 is 5.91 Å². The highest BCUT2D eigenvalue weighted by atomic mass is 16.5. The number of imidazole rings is 1. The van der Waals surface area contributed by atoms with E-state index in [0.29, 0.717) is 11.5 Å². The van der Waals surface area contributed by atoms with Crippen LogP contribution < -0.4 is 5.73 Å². The van der Waals surface area contributed by atoms with Crippen LogP contribution in [0.5, 0.6) is 0 Å². The van der Waals surface area contributed by atoms with Crippen LogP contribution in [0.1, 0.15) is 34.9 Å². The lowest BCUT2D eigenvalue weighted by molar-refractivity contribution is 0.0831. The quantitative estimate of drug-likeness (QED) is 0.889. The summed E-state index contributed by atoms with van der Waals surface area (Å²) in [5.41, 5.74) is 7.71. The number of aromatic nitrogens is 2. The van der Waals surface area contributed by atoms with E-state index in [-0.39, 0.29) is 0 Å². The molecular formula is C14H17N3O2.